The monoisotopic (exact) mass is 791 g/mol. The van der Waals surface area contributed by atoms with Crippen LogP contribution in [0.5, 0.6) is 5.88 Å². The van der Waals surface area contributed by atoms with Crippen LogP contribution in [0, 0.1) is 5.41 Å². The van der Waals surface area contributed by atoms with E-state index >= 15 is 8.78 Å². The standard InChI is InChI=1S/C42H52ClF2N5O4Si/c1-41(2)14-12-31(35(26-41)29-6-8-32(43)9-7-29)27-47-18-20-48(21-19-47)33-10-11-34(40(51)52)36(25-33)50-17-15-42(44,45)54-39-37(50)24-30-13-16-49(38(30)46-39)28-53-22-23-55(3,4)5/h6-11,13,16,24-25H,12,14-15,17-23,26-28H2,1-5H3,(H,51,52). The Morgan fingerprint density at radius 1 is 0.982 bits per heavy atom. The van der Waals surface area contributed by atoms with Crippen LogP contribution in [0.15, 0.2) is 66.4 Å². The van der Waals surface area contributed by atoms with Gasteiger partial charge in [-0.15, -0.1) is 0 Å². The van der Waals surface area contributed by atoms with Crippen molar-refractivity contribution < 1.29 is 28.2 Å². The third-order valence-electron chi connectivity index (χ3n) is 11.1. The molecular weight excluding hydrogens is 740 g/mol. The van der Waals surface area contributed by atoms with E-state index in [-0.39, 0.29) is 30.1 Å². The first-order valence-corrected chi connectivity index (χ1v) is 23.4. The minimum atomic E-state index is -3.50. The third kappa shape index (κ3) is 9.19. The van der Waals surface area contributed by atoms with Gasteiger partial charge in [0.2, 0.25) is 5.88 Å². The number of pyridine rings is 1. The highest BCUT2D eigenvalue weighted by Crippen LogP contribution is 2.45. The quantitative estimate of drug-likeness (QED) is 0.119. The molecule has 294 valence electrons. The largest absolute Gasteiger partial charge is 0.478 e. The maximum atomic E-state index is 15.2. The van der Waals surface area contributed by atoms with Crippen molar-refractivity contribution in [1.82, 2.24) is 14.5 Å². The van der Waals surface area contributed by atoms with Crippen molar-refractivity contribution in [1.29, 1.82) is 0 Å². The van der Waals surface area contributed by atoms with E-state index in [1.54, 1.807) is 21.6 Å². The van der Waals surface area contributed by atoms with Crippen LogP contribution in [-0.4, -0.2) is 85.6 Å². The Labute approximate surface area is 328 Å². The third-order valence-corrected chi connectivity index (χ3v) is 13.1. The first kappa shape index (κ1) is 39.3. The molecule has 0 atom stereocenters. The van der Waals surface area contributed by atoms with Crippen molar-refractivity contribution in [2.75, 3.05) is 55.7 Å². The lowest BCUT2D eigenvalue weighted by Crippen LogP contribution is -2.47. The normalized spacial score (nSPS) is 19.0. The van der Waals surface area contributed by atoms with Crippen LogP contribution in [0.2, 0.25) is 30.7 Å². The molecule has 0 radical (unpaired) electrons. The van der Waals surface area contributed by atoms with E-state index < -0.39 is 26.6 Å². The van der Waals surface area contributed by atoms with E-state index in [1.165, 1.54) is 16.7 Å². The number of halogens is 3. The number of benzene rings is 2. The summed E-state index contributed by atoms with van der Waals surface area (Å²) < 4.78 is 43.3. The minimum Gasteiger partial charge on any atom is -0.478 e. The Kier molecular flexibility index (Phi) is 11.1. The molecule has 3 aliphatic rings. The zero-order valence-corrected chi connectivity index (χ0v) is 34.3. The van der Waals surface area contributed by atoms with Gasteiger partial charge in [-0.25, -0.2) is 4.79 Å². The van der Waals surface area contributed by atoms with Gasteiger partial charge in [0.15, 0.2) is 0 Å². The van der Waals surface area contributed by atoms with Gasteiger partial charge in [-0.1, -0.05) is 62.8 Å². The van der Waals surface area contributed by atoms with E-state index in [4.69, 9.17) is 21.1 Å². The molecular formula is C42H52ClF2N5O4Si. The molecule has 9 nitrogen and oxygen atoms in total. The van der Waals surface area contributed by atoms with Crippen molar-refractivity contribution in [2.45, 2.75) is 78.1 Å². The number of hydrogen-bond donors (Lipinski definition) is 1. The predicted octanol–water partition coefficient (Wildman–Crippen LogP) is 10.00. The molecule has 1 fully saturated rings. The van der Waals surface area contributed by atoms with Gasteiger partial charge in [0.25, 0.3) is 0 Å². The van der Waals surface area contributed by atoms with Crippen LogP contribution in [0.25, 0.3) is 16.6 Å². The number of carboxylic acid groups (broad SMARTS) is 1. The van der Waals surface area contributed by atoms with Crippen molar-refractivity contribution in [3.05, 3.63) is 82.5 Å². The van der Waals surface area contributed by atoms with Gasteiger partial charge in [-0.2, -0.15) is 13.8 Å². The Morgan fingerprint density at radius 2 is 1.73 bits per heavy atom. The summed E-state index contributed by atoms with van der Waals surface area (Å²) in [4.78, 5) is 23.6. The van der Waals surface area contributed by atoms with Gasteiger partial charge in [-0.05, 0) is 84.3 Å². The summed E-state index contributed by atoms with van der Waals surface area (Å²) in [5.41, 5.74) is 6.33. The summed E-state index contributed by atoms with van der Waals surface area (Å²) in [7, 11) is -1.28. The van der Waals surface area contributed by atoms with Crippen LogP contribution in [0.1, 0.15) is 55.5 Å². The van der Waals surface area contributed by atoms with Crippen LogP contribution in [0.3, 0.4) is 0 Å². The summed E-state index contributed by atoms with van der Waals surface area (Å²) in [5, 5.41) is 11.8. The fourth-order valence-corrected chi connectivity index (χ4v) is 8.71. The Balaban J connectivity index is 1.13. The molecule has 7 rings (SSSR count). The maximum absolute atomic E-state index is 15.2. The molecule has 2 aromatic carbocycles. The SMILES string of the molecule is CC1(C)CCC(CN2CCN(c3ccc(C(=O)O)c(N4CCC(F)(F)Oc5nc6c(ccn6COCC[Si](C)(C)C)cc54)c3)CC2)=C(c2ccc(Cl)cc2)C1. The van der Waals surface area contributed by atoms with Crippen molar-refractivity contribution in [3.63, 3.8) is 0 Å². The highest BCUT2D eigenvalue weighted by atomic mass is 35.5. The van der Waals surface area contributed by atoms with Gasteiger partial charge in [0.1, 0.15) is 18.1 Å². The second kappa shape index (κ2) is 15.5. The number of piperazine rings is 1. The number of aromatic nitrogens is 2. The van der Waals surface area contributed by atoms with E-state index in [0.29, 0.717) is 29.0 Å². The lowest BCUT2D eigenvalue weighted by molar-refractivity contribution is -0.178. The molecule has 0 bridgehead atoms. The first-order chi connectivity index (χ1) is 26.0. The number of carbonyl (C=O) groups is 1. The van der Waals surface area contributed by atoms with Crippen molar-refractivity contribution >= 4 is 59.3 Å². The first-order valence-electron chi connectivity index (χ1n) is 19.3. The van der Waals surface area contributed by atoms with E-state index in [0.717, 1.165) is 68.7 Å². The molecule has 13 heteroatoms. The summed E-state index contributed by atoms with van der Waals surface area (Å²) in [6.45, 7) is 16.3. The summed E-state index contributed by atoms with van der Waals surface area (Å²) in [6, 6.07) is 18.0. The number of hydrogen-bond acceptors (Lipinski definition) is 7. The fraction of sp³-hybridized carbons (Fsp3) is 0.476. The van der Waals surface area contributed by atoms with Crippen LogP contribution < -0.4 is 14.5 Å². The van der Waals surface area contributed by atoms with Crippen LogP contribution in [-0.2, 0) is 11.5 Å². The van der Waals surface area contributed by atoms with Crippen molar-refractivity contribution in [2.24, 2.45) is 5.41 Å². The Morgan fingerprint density at radius 3 is 2.44 bits per heavy atom. The molecule has 0 spiro atoms. The summed E-state index contributed by atoms with van der Waals surface area (Å²) in [6.07, 6.45) is 0.920. The number of ether oxygens (including phenoxy) is 2. The van der Waals surface area contributed by atoms with Gasteiger partial charge in [0.05, 0.1) is 17.7 Å². The molecule has 55 heavy (non-hydrogen) atoms. The molecule has 4 heterocycles. The van der Waals surface area contributed by atoms with Gasteiger partial charge < -0.3 is 28.9 Å². The number of alkyl halides is 2. The number of allylic oxidation sites excluding steroid dienone is 1. The van der Waals surface area contributed by atoms with E-state index in [2.05, 4.69) is 60.4 Å². The molecule has 1 N–H and O–H groups in total. The molecule has 0 saturated carbocycles. The molecule has 1 aliphatic carbocycles. The number of fused-ring (bicyclic) bond motifs is 2. The molecule has 4 aromatic rings. The Bertz CT molecular complexity index is 2070. The van der Waals surface area contributed by atoms with Crippen LogP contribution >= 0.6 is 11.6 Å². The van der Waals surface area contributed by atoms with Crippen LogP contribution in [0.4, 0.5) is 25.8 Å². The smallest absolute Gasteiger partial charge is 0.400 e. The average molecular weight is 792 g/mol. The zero-order valence-electron chi connectivity index (χ0n) is 32.5. The summed E-state index contributed by atoms with van der Waals surface area (Å²) >= 11 is 6.23. The highest BCUT2D eigenvalue weighted by molar-refractivity contribution is 6.76. The second-order valence-electron chi connectivity index (χ2n) is 17.2. The molecule has 2 aliphatic heterocycles. The second-order valence-corrected chi connectivity index (χ2v) is 23.3. The number of rotatable bonds is 11. The molecule has 2 aromatic heterocycles. The van der Waals surface area contributed by atoms with Gasteiger partial charge in [0, 0.05) is 76.2 Å². The highest BCUT2D eigenvalue weighted by Gasteiger charge is 2.39. The lowest BCUT2D eigenvalue weighted by atomic mass is 9.72. The zero-order chi connectivity index (χ0) is 39.1. The molecule has 0 unspecified atom stereocenters. The van der Waals surface area contributed by atoms with E-state index in [1.807, 2.05) is 36.5 Å². The van der Waals surface area contributed by atoms with Gasteiger partial charge >= 0.3 is 12.1 Å². The topological polar surface area (TPSA) is 83.3 Å². The van der Waals surface area contributed by atoms with Gasteiger partial charge in [-0.3, -0.25) is 4.90 Å². The number of aromatic carboxylic acids is 1. The number of nitrogens with zero attached hydrogens (tertiary/aromatic N) is 5. The van der Waals surface area contributed by atoms with Crippen molar-refractivity contribution in [3.8, 4) is 5.88 Å². The molecule has 1 saturated heterocycles. The minimum absolute atomic E-state index is 0.0221. The predicted molar refractivity (Wildman–Crippen MR) is 219 cm³/mol. The molecule has 0 amide bonds. The van der Waals surface area contributed by atoms with E-state index in [9.17, 15) is 9.90 Å². The lowest BCUT2D eigenvalue weighted by Gasteiger charge is -2.39. The fourth-order valence-electron chi connectivity index (χ4n) is 7.82. The Hall–Kier alpha value is -3.97. The summed E-state index contributed by atoms with van der Waals surface area (Å²) in [5.74, 6) is -1.38. The number of anilines is 3. The average Bonchev–Trinajstić information content (AvgIpc) is 3.45. The number of carboxylic acids is 1. The maximum Gasteiger partial charge on any atom is 0.400 e.